The van der Waals surface area contributed by atoms with Gasteiger partial charge in [0.1, 0.15) is 0 Å². The molecule has 1 heterocycles. The summed E-state index contributed by atoms with van der Waals surface area (Å²) in [7, 11) is -3.22. The molecule has 2 aliphatic rings. The van der Waals surface area contributed by atoms with Crippen molar-refractivity contribution in [2.75, 3.05) is 11.3 Å². The van der Waals surface area contributed by atoms with E-state index in [2.05, 4.69) is 16.1 Å². The monoisotopic (exact) mass is 280 g/mol. The van der Waals surface area contributed by atoms with Gasteiger partial charge in [-0.15, -0.1) is 0 Å². The molecule has 104 valence electrons. The van der Waals surface area contributed by atoms with Crippen LogP contribution in [-0.2, 0) is 23.0 Å². The third-order valence-electron chi connectivity index (χ3n) is 4.14. The molecule has 2 N–H and O–H groups in total. The normalized spacial score (nSPS) is 20.2. The van der Waals surface area contributed by atoms with Crippen molar-refractivity contribution in [1.82, 2.24) is 5.32 Å². The van der Waals surface area contributed by atoms with Gasteiger partial charge in [0.05, 0.1) is 10.9 Å². The van der Waals surface area contributed by atoms with Crippen LogP contribution in [0.1, 0.15) is 36.8 Å². The third kappa shape index (κ3) is 2.62. The third-order valence-corrected chi connectivity index (χ3v) is 5.99. The highest BCUT2D eigenvalue weighted by molar-refractivity contribution is 7.93. The smallest absolute Gasteiger partial charge is 0.235 e. The summed E-state index contributed by atoms with van der Waals surface area (Å²) in [6.45, 7) is 1.71. The standard InChI is InChI=1S/C14H20N2O2S/c17-19(18,12-5-1-2-6-12)16-14-7-3-4-11-8-9-15-10-13(11)14/h3-4,7,12,15-16H,1-2,5-6,8-10H2. The molecule has 19 heavy (non-hydrogen) atoms. The van der Waals surface area contributed by atoms with Gasteiger partial charge >= 0.3 is 0 Å². The number of sulfonamides is 1. The predicted octanol–water partition coefficient (Wildman–Crippen LogP) is 2.02. The summed E-state index contributed by atoms with van der Waals surface area (Å²) < 4.78 is 27.5. The fraction of sp³-hybridized carbons (Fsp3) is 0.571. The zero-order valence-corrected chi connectivity index (χ0v) is 11.8. The molecule has 4 nitrogen and oxygen atoms in total. The molecule has 0 aromatic heterocycles. The molecule has 1 aromatic rings. The molecule has 1 aromatic carbocycles. The lowest BCUT2D eigenvalue weighted by molar-refractivity contribution is 0.585. The molecule has 1 saturated carbocycles. The molecule has 3 rings (SSSR count). The maximum Gasteiger partial charge on any atom is 0.235 e. The van der Waals surface area contributed by atoms with Crippen molar-refractivity contribution in [2.45, 2.75) is 43.9 Å². The molecule has 0 bridgehead atoms. The predicted molar refractivity (Wildman–Crippen MR) is 76.7 cm³/mol. The highest BCUT2D eigenvalue weighted by Crippen LogP contribution is 2.29. The first kappa shape index (κ1) is 12.9. The Kier molecular flexibility index (Phi) is 3.50. The molecule has 1 aliphatic heterocycles. The Morgan fingerprint density at radius 3 is 2.79 bits per heavy atom. The van der Waals surface area contributed by atoms with Gasteiger partial charge in [-0.1, -0.05) is 25.0 Å². The highest BCUT2D eigenvalue weighted by Gasteiger charge is 2.29. The minimum absolute atomic E-state index is 0.208. The lowest BCUT2D eigenvalue weighted by atomic mass is 10.00. The van der Waals surface area contributed by atoms with E-state index in [0.29, 0.717) is 0 Å². The van der Waals surface area contributed by atoms with Crippen LogP contribution in [0.15, 0.2) is 18.2 Å². The van der Waals surface area contributed by atoms with Gasteiger partial charge in [0.15, 0.2) is 0 Å². The van der Waals surface area contributed by atoms with Gasteiger partial charge < -0.3 is 5.32 Å². The van der Waals surface area contributed by atoms with Crippen LogP contribution in [0.3, 0.4) is 0 Å². The summed E-state index contributed by atoms with van der Waals surface area (Å²) in [6.07, 6.45) is 4.61. The second-order valence-electron chi connectivity index (χ2n) is 5.42. The van der Waals surface area contributed by atoms with Crippen LogP contribution in [-0.4, -0.2) is 20.2 Å². The maximum absolute atomic E-state index is 12.4. The van der Waals surface area contributed by atoms with Crippen LogP contribution in [0.2, 0.25) is 0 Å². The first-order valence-electron chi connectivity index (χ1n) is 7.00. The maximum atomic E-state index is 12.4. The van der Waals surface area contributed by atoms with Crippen molar-refractivity contribution in [3.05, 3.63) is 29.3 Å². The summed E-state index contributed by atoms with van der Waals surface area (Å²) in [5.74, 6) is 0. The highest BCUT2D eigenvalue weighted by atomic mass is 32.2. The van der Waals surface area contributed by atoms with E-state index >= 15 is 0 Å². The summed E-state index contributed by atoms with van der Waals surface area (Å²) >= 11 is 0. The Morgan fingerprint density at radius 1 is 1.21 bits per heavy atom. The Bertz CT molecular complexity index is 563. The zero-order valence-electron chi connectivity index (χ0n) is 11.0. The van der Waals surface area contributed by atoms with Crippen molar-refractivity contribution in [3.63, 3.8) is 0 Å². The number of benzene rings is 1. The van der Waals surface area contributed by atoms with Crippen LogP contribution in [0.25, 0.3) is 0 Å². The van der Waals surface area contributed by atoms with Gasteiger partial charge in [-0.3, -0.25) is 4.72 Å². The number of fused-ring (bicyclic) bond motifs is 1. The summed E-state index contributed by atoms with van der Waals surface area (Å²) in [5.41, 5.74) is 3.12. The number of hydrogen-bond donors (Lipinski definition) is 2. The molecular weight excluding hydrogens is 260 g/mol. The van der Waals surface area contributed by atoms with Crippen LogP contribution in [0, 0.1) is 0 Å². The largest absolute Gasteiger partial charge is 0.312 e. The van der Waals surface area contributed by atoms with E-state index in [1.54, 1.807) is 0 Å². The van der Waals surface area contributed by atoms with Crippen LogP contribution in [0.4, 0.5) is 5.69 Å². The van der Waals surface area contributed by atoms with E-state index < -0.39 is 10.0 Å². The topological polar surface area (TPSA) is 58.2 Å². The van der Waals surface area contributed by atoms with Crippen molar-refractivity contribution in [1.29, 1.82) is 0 Å². The fourth-order valence-electron chi connectivity index (χ4n) is 3.04. The van der Waals surface area contributed by atoms with Crippen LogP contribution < -0.4 is 10.0 Å². The lowest BCUT2D eigenvalue weighted by Gasteiger charge is -2.22. The number of anilines is 1. The van der Waals surface area contributed by atoms with Crippen LogP contribution in [0.5, 0.6) is 0 Å². The number of hydrogen-bond acceptors (Lipinski definition) is 3. The molecule has 1 fully saturated rings. The Balaban J connectivity index is 1.87. The summed E-state index contributed by atoms with van der Waals surface area (Å²) in [5, 5.41) is 3.09. The van der Waals surface area contributed by atoms with Crippen molar-refractivity contribution in [2.24, 2.45) is 0 Å². The average Bonchev–Trinajstić information content (AvgIpc) is 2.93. The first-order chi connectivity index (χ1) is 9.17. The molecule has 0 radical (unpaired) electrons. The molecule has 0 spiro atoms. The molecule has 1 aliphatic carbocycles. The van der Waals surface area contributed by atoms with E-state index in [4.69, 9.17) is 0 Å². The molecule has 0 saturated heterocycles. The van der Waals surface area contributed by atoms with Gasteiger partial charge in [0.25, 0.3) is 0 Å². The van der Waals surface area contributed by atoms with Crippen molar-refractivity contribution >= 4 is 15.7 Å². The van der Waals surface area contributed by atoms with E-state index in [-0.39, 0.29) is 5.25 Å². The SMILES string of the molecule is O=S(=O)(Nc1cccc2c1CNCC2)C1CCCC1. The molecule has 5 heteroatoms. The van der Waals surface area contributed by atoms with Gasteiger partial charge in [0, 0.05) is 6.54 Å². The molecule has 0 amide bonds. The Hall–Kier alpha value is -1.07. The quantitative estimate of drug-likeness (QED) is 0.890. The fourth-order valence-corrected chi connectivity index (χ4v) is 4.66. The average molecular weight is 280 g/mol. The summed E-state index contributed by atoms with van der Waals surface area (Å²) in [4.78, 5) is 0. The van der Waals surface area contributed by atoms with Gasteiger partial charge in [-0.2, -0.15) is 0 Å². The van der Waals surface area contributed by atoms with E-state index in [1.165, 1.54) is 5.56 Å². The Labute approximate surface area is 114 Å². The number of rotatable bonds is 3. The van der Waals surface area contributed by atoms with E-state index in [1.807, 2.05) is 12.1 Å². The minimum Gasteiger partial charge on any atom is -0.312 e. The lowest BCUT2D eigenvalue weighted by Crippen LogP contribution is -2.28. The van der Waals surface area contributed by atoms with Gasteiger partial charge in [-0.25, -0.2) is 8.42 Å². The Morgan fingerprint density at radius 2 is 2.00 bits per heavy atom. The van der Waals surface area contributed by atoms with Crippen molar-refractivity contribution < 1.29 is 8.42 Å². The molecular formula is C14H20N2O2S. The minimum atomic E-state index is -3.22. The number of nitrogens with one attached hydrogen (secondary N) is 2. The zero-order chi connectivity index (χ0) is 13.3. The van der Waals surface area contributed by atoms with E-state index in [9.17, 15) is 8.42 Å². The van der Waals surface area contributed by atoms with Gasteiger partial charge in [0.2, 0.25) is 10.0 Å². The van der Waals surface area contributed by atoms with Crippen LogP contribution >= 0.6 is 0 Å². The second kappa shape index (κ2) is 5.13. The first-order valence-corrected chi connectivity index (χ1v) is 8.54. The van der Waals surface area contributed by atoms with Gasteiger partial charge in [-0.05, 0) is 43.0 Å². The summed E-state index contributed by atoms with van der Waals surface area (Å²) in [6, 6.07) is 5.90. The molecule has 0 unspecified atom stereocenters. The molecule has 0 atom stereocenters. The van der Waals surface area contributed by atoms with Crippen molar-refractivity contribution in [3.8, 4) is 0 Å². The van der Waals surface area contributed by atoms with E-state index in [0.717, 1.165) is 56.4 Å². The second-order valence-corrected chi connectivity index (χ2v) is 7.38.